The first kappa shape index (κ1) is 7.71. The van der Waals surface area contributed by atoms with Crippen molar-refractivity contribution < 1.29 is 8.42 Å². The Morgan fingerprint density at radius 2 is 2.30 bits per heavy atom. The van der Waals surface area contributed by atoms with Crippen molar-refractivity contribution >= 4 is 15.3 Å². The van der Waals surface area contributed by atoms with Crippen molar-refractivity contribution in [1.29, 1.82) is 0 Å². The second-order valence-electron chi connectivity index (χ2n) is 2.34. The highest BCUT2D eigenvalue weighted by Gasteiger charge is 2.14. The van der Waals surface area contributed by atoms with Crippen molar-refractivity contribution in [3.8, 4) is 0 Å². The van der Waals surface area contributed by atoms with Gasteiger partial charge in [-0.15, -0.1) is 0 Å². The monoisotopic (exact) mass is 162 g/mol. The Bertz CT molecular complexity index is 236. The zero-order chi connectivity index (χ0) is 7.56. The third-order valence-corrected chi connectivity index (χ3v) is 2.20. The SMILES string of the molecule is NC1CCNC(=S(=O)=O)C1. The standard InChI is InChI=1S/C5H10N2O2S/c6-4-1-2-7-5(3-4)10(8)9/h4,7H,1-3,6H2. The van der Waals surface area contributed by atoms with Gasteiger partial charge in [-0.05, 0) is 6.42 Å². The molecule has 0 bridgehead atoms. The summed E-state index contributed by atoms with van der Waals surface area (Å²) in [7, 11) is -2.10. The Morgan fingerprint density at radius 1 is 1.60 bits per heavy atom. The fraction of sp³-hybridized carbons (Fsp3) is 0.800. The van der Waals surface area contributed by atoms with Crippen LogP contribution in [0.25, 0.3) is 0 Å². The van der Waals surface area contributed by atoms with E-state index >= 15 is 0 Å². The Balaban J connectivity index is 2.74. The zero-order valence-corrected chi connectivity index (χ0v) is 6.32. The number of hydrogen-bond acceptors (Lipinski definition) is 3. The van der Waals surface area contributed by atoms with Crippen LogP contribution in [-0.2, 0) is 10.3 Å². The summed E-state index contributed by atoms with van der Waals surface area (Å²) in [6.07, 6.45) is 1.30. The molecule has 1 aliphatic heterocycles. The van der Waals surface area contributed by atoms with Crippen LogP contribution in [-0.4, -0.2) is 26.0 Å². The molecule has 1 saturated heterocycles. The van der Waals surface area contributed by atoms with E-state index in [-0.39, 0.29) is 6.04 Å². The average Bonchev–Trinajstić information content (AvgIpc) is 1.88. The molecule has 5 heteroatoms. The number of hydrogen-bond donors (Lipinski definition) is 2. The average molecular weight is 162 g/mol. The van der Waals surface area contributed by atoms with Crippen LogP contribution in [0.3, 0.4) is 0 Å². The van der Waals surface area contributed by atoms with Gasteiger partial charge in [-0.1, -0.05) is 0 Å². The van der Waals surface area contributed by atoms with E-state index < -0.39 is 10.3 Å². The van der Waals surface area contributed by atoms with Gasteiger partial charge >= 0.3 is 0 Å². The molecule has 0 aromatic carbocycles. The van der Waals surface area contributed by atoms with Gasteiger partial charge in [-0.25, -0.2) is 0 Å². The molecule has 0 aromatic rings. The smallest absolute Gasteiger partial charge is 0.228 e. The van der Waals surface area contributed by atoms with Crippen molar-refractivity contribution in [3.05, 3.63) is 0 Å². The first-order valence-corrected chi connectivity index (χ1v) is 4.22. The van der Waals surface area contributed by atoms with E-state index in [2.05, 4.69) is 5.32 Å². The first-order chi connectivity index (χ1) is 4.70. The van der Waals surface area contributed by atoms with E-state index in [9.17, 15) is 8.42 Å². The molecular formula is C5H10N2O2S. The fourth-order valence-electron chi connectivity index (χ4n) is 0.936. The van der Waals surface area contributed by atoms with Crippen LogP contribution in [0.1, 0.15) is 12.8 Å². The summed E-state index contributed by atoms with van der Waals surface area (Å²) < 4.78 is 20.7. The van der Waals surface area contributed by atoms with Crippen LogP contribution in [0.5, 0.6) is 0 Å². The minimum atomic E-state index is -2.10. The maximum Gasteiger partial charge on any atom is 0.228 e. The topological polar surface area (TPSA) is 72.2 Å². The van der Waals surface area contributed by atoms with Crippen LogP contribution in [0, 0.1) is 0 Å². The quantitative estimate of drug-likeness (QED) is 0.434. The third kappa shape index (κ3) is 1.80. The summed E-state index contributed by atoms with van der Waals surface area (Å²) in [6.45, 7) is 0.671. The molecule has 3 N–H and O–H groups in total. The normalized spacial score (nSPS) is 26.5. The van der Waals surface area contributed by atoms with Gasteiger partial charge < -0.3 is 5.73 Å². The van der Waals surface area contributed by atoms with Gasteiger partial charge in [0.05, 0.1) is 0 Å². The van der Waals surface area contributed by atoms with Gasteiger partial charge in [0.25, 0.3) is 0 Å². The molecule has 0 amide bonds. The molecule has 1 unspecified atom stereocenters. The van der Waals surface area contributed by atoms with Crippen molar-refractivity contribution in [3.63, 3.8) is 0 Å². The van der Waals surface area contributed by atoms with Gasteiger partial charge in [0.2, 0.25) is 10.3 Å². The lowest BCUT2D eigenvalue weighted by Crippen LogP contribution is -2.40. The van der Waals surface area contributed by atoms with E-state index in [0.29, 0.717) is 18.0 Å². The van der Waals surface area contributed by atoms with Crippen LogP contribution in [0.4, 0.5) is 0 Å². The molecule has 0 saturated carbocycles. The summed E-state index contributed by atoms with van der Waals surface area (Å²) in [5, 5.41) is 2.77. The van der Waals surface area contributed by atoms with E-state index in [1.165, 1.54) is 0 Å². The van der Waals surface area contributed by atoms with Crippen LogP contribution < -0.4 is 11.1 Å². The summed E-state index contributed by atoms with van der Waals surface area (Å²) in [5.74, 6) is 0. The second kappa shape index (κ2) is 3.14. The lowest BCUT2D eigenvalue weighted by molar-refractivity contribution is 0.577. The molecule has 1 fully saturated rings. The van der Waals surface area contributed by atoms with Gasteiger partial charge in [0.15, 0.2) is 0 Å². The minimum absolute atomic E-state index is 0.00847. The maximum absolute atomic E-state index is 10.3. The molecule has 0 aromatic heterocycles. The van der Waals surface area contributed by atoms with Crippen molar-refractivity contribution in [2.45, 2.75) is 18.9 Å². The number of nitrogens with two attached hydrogens (primary N) is 1. The molecular weight excluding hydrogens is 152 g/mol. The van der Waals surface area contributed by atoms with Crippen LogP contribution >= 0.6 is 0 Å². The summed E-state index contributed by atoms with van der Waals surface area (Å²) in [6, 6.07) is 0.00847. The number of piperidine rings is 1. The van der Waals surface area contributed by atoms with Gasteiger partial charge in [-0.3, -0.25) is 5.32 Å². The molecule has 1 heterocycles. The van der Waals surface area contributed by atoms with Crippen molar-refractivity contribution in [2.75, 3.05) is 6.54 Å². The molecule has 10 heavy (non-hydrogen) atoms. The molecule has 1 atom stereocenters. The van der Waals surface area contributed by atoms with Gasteiger partial charge in [0, 0.05) is 19.0 Å². The van der Waals surface area contributed by atoms with E-state index in [4.69, 9.17) is 5.73 Å². The van der Waals surface area contributed by atoms with E-state index in [1.807, 2.05) is 0 Å². The Hall–Kier alpha value is -0.390. The number of nitrogens with one attached hydrogen (secondary N) is 1. The first-order valence-electron chi connectivity index (χ1n) is 3.14. The van der Waals surface area contributed by atoms with Crippen LogP contribution in [0.15, 0.2) is 0 Å². The predicted octanol–water partition coefficient (Wildman–Crippen LogP) is -1.29. The van der Waals surface area contributed by atoms with E-state index in [0.717, 1.165) is 6.42 Å². The molecule has 0 aliphatic carbocycles. The Labute approximate surface area is 60.9 Å². The summed E-state index contributed by atoms with van der Waals surface area (Å²) in [4.78, 5) is 0.346. The maximum atomic E-state index is 10.3. The molecule has 4 nitrogen and oxygen atoms in total. The lowest BCUT2D eigenvalue weighted by Gasteiger charge is -2.18. The minimum Gasteiger partial charge on any atom is -0.327 e. The predicted molar refractivity (Wildman–Crippen MR) is 39.1 cm³/mol. The largest absolute Gasteiger partial charge is 0.327 e. The van der Waals surface area contributed by atoms with Crippen molar-refractivity contribution in [2.24, 2.45) is 5.73 Å². The van der Waals surface area contributed by atoms with Crippen LogP contribution in [0.2, 0.25) is 0 Å². The Kier molecular flexibility index (Phi) is 2.42. The molecule has 0 radical (unpaired) electrons. The fourth-order valence-corrected chi connectivity index (χ4v) is 1.51. The molecule has 58 valence electrons. The number of rotatable bonds is 0. The lowest BCUT2D eigenvalue weighted by atomic mass is 10.1. The van der Waals surface area contributed by atoms with Crippen molar-refractivity contribution in [1.82, 2.24) is 5.32 Å². The summed E-state index contributed by atoms with van der Waals surface area (Å²) >= 11 is 0. The van der Waals surface area contributed by atoms with Gasteiger partial charge in [-0.2, -0.15) is 8.42 Å². The van der Waals surface area contributed by atoms with Gasteiger partial charge in [0.1, 0.15) is 4.99 Å². The second-order valence-corrected chi connectivity index (χ2v) is 3.30. The highest BCUT2D eigenvalue weighted by Crippen LogP contribution is 1.99. The highest BCUT2D eigenvalue weighted by atomic mass is 32.2. The third-order valence-electron chi connectivity index (χ3n) is 1.49. The zero-order valence-electron chi connectivity index (χ0n) is 5.50. The molecule has 1 aliphatic rings. The molecule has 1 rings (SSSR count). The highest BCUT2D eigenvalue weighted by molar-refractivity contribution is 7.72. The molecule has 0 spiro atoms. The summed E-state index contributed by atoms with van der Waals surface area (Å²) in [5.41, 5.74) is 5.53. The van der Waals surface area contributed by atoms with E-state index in [1.54, 1.807) is 0 Å². The Morgan fingerprint density at radius 3 is 2.70 bits per heavy atom.